The fourth-order valence-electron chi connectivity index (χ4n) is 1.54. The number of carbonyl (C=O) groups is 1. The fraction of sp³-hybridized carbons (Fsp3) is 0.273. The number of carboxylic acids is 1. The zero-order chi connectivity index (χ0) is 14.8. The summed E-state index contributed by atoms with van der Waals surface area (Å²) in [4.78, 5) is 14.5. The molecule has 0 amide bonds. The number of anilines is 1. The second kappa shape index (κ2) is 5.94. The van der Waals surface area contributed by atoms with Gasteiger partial charge in [0.2, 0.25) is 10.0 Å². The third kappa shape index (κ3) is 4.06. The minimum Gasteiger partial charge on any atom is -0.481 e. The van der Waals surface area contributed by atoms with Crippen molar-refractivity contribution in [3.05, 3.63) is 23.2 Å². The first-order chi connectivity index (χ1) is 9.35. The van der Waals surface area contributed by atoms with Crippen molar-refractivity contribution in [2.45, 2.75) is 12.8 Å². The van der Waals surface area contributed by atoms with Crippen LogP contribution in [0.4, 0.5) is 5.13 Å². The summed E-state index contributed by atoms with van der Waals surface area (Å²) in [7, 11) is -3.59. The maximum Gasteiger partial charge on any atom is 0.303 e. The van der Waals surface area contributed by atoms with Gasteiger partial charge in [0.1, 0.15) is 0 Å². The van der Waals surface area contributed by atoms with Crippen molar-refractivity contribution in [1.29, 1.82) is 0 Å². The van der Waals surface area contributed by atoms with Gasteiger partial charge >= 0.3 is 5.97 Å². The van der Waals surface area contributed by atoms with E-state index in [0.717, 1.165) is 4.70 Å². The normalized spacial score (nSPS) is 11.7. The van der Waals surface area contributed by atoms with E-state index in [4.69, 9.17) is 16.7 Å². The van der Waals surface area contributed by atoms with Crippen LogP contribution in [0.5, 0.6) is 0 Å². The Kier molecular flexibility index (Phi) is 4.46. The molecule has 20 heavy (non-hydrogen) atoms. The average molecular weight is 335 g/mol. The zero-order valence-corrected chi connectivity index (χ0v) is 12.6. The molecular weight excluding hydrogens is 324 g/mol. The molecule has 0 spiro atoms. The van der Waals surface area contributed by atoms with Gasteiger partial charge in [0.15, 0.2) is 5.13 Å². The highest BCUT2D eigenvalue weighted by molar-refractivity contribution is 7.92. The highest BCUT2D eigenvalue weighted by Gasteiger charge is 2.14. The van der Waals surface area contributed by atoms with Crippen LogP contribution in [0.2, 0.25) is 5.02 Å². The molecule has 1 heterocycles. The maximum atomic E-state index is 11.8. The van der Waals surface area contributed by atoms with Gasteiger partial charge < -0.3 is 5.11 Å². The van der Waals surface area contributed by atoms with Crippen molar-refractivity contribution >= 4 is 54.3 Å². The predicted octanol–water partition coefficient (Wildman–Crippen LogP) is 2.56. The third-order valence-corrected chi connectivity index (χ3v) is 5.03. The van der Waals surface area contributed by atoms with Gasteiger partial charge in [-0.3, -0.25) is 9.52 Å². The number of carboxylic acid groups (broad SMARTS) is 1. The average Bonchev–Trinajstić information content (AvgIpc) is 2.68. The minimum atomic E-state index is -3.59. The van der Waals surface area contributed by atoms with Gasteiger partial charge in [-0.1, -0.05) is 22.9 Å². The molecule has 108 valence electrons. The number of aliphatic carboxylic acids is 1. The number of hydrogen-bond acceptors (Lipinski definition) is 5. The van der Waals surface area contributed by atoms with Crippen LogP contribution in [0.25, 0.3) is 10.2 Å². The monoisotopic (exact) mass is 334 g/mol. The Hall–Kier alpha value is -1.38. The number of fused-ring (bicyclic) bond motifs is 1. The molecule has 0 aliphatic carbocycles. The quantitative estimate of drug-likeness (QED) is 0.846. The molecule has 9 heteroatoms. The molecule has 2 rings (SSSR count). The topological polar surface area (TPSA) is 96.4 Å². The van der Waals surface area contributed by atoms with Gasteiger partial charge in [0, 0.05) is 11.4 Å². The molecule has 2 aromatic rings. The van der Waals surface area contributed by atoms with Crippen LogP contribution in [0.3, 0.4) is 0 Å². The first-order valence-corrected chi connectivity index (χ1v) is 8.49. The van der Waals surface area contributed by atoms with Crippen LogP contribution in [0.1, 0.15) is 12.8 Å². The van der Waals surface area contributed by atoms with Crippen molar-refractivity contribution in [3.8, 4) is 0 Å². The molecule has 0 atom stereocenters. The van der Waals surface area contributed by atoms with Gasteiger partial charge in [0.25, 0.3) is 0 Å². The van der Waals surface area contributed by atoms with E-state index in [1.54, 1.807) is 18.2 Å². The maximum absolute atomic E-state index is 11.8. The second-order valence-electron chi connectivity index (χ2n) is 4.05. The van der Waals surface area contributed by atoms with E-state index >= 15 is 0 Å². The van der Waals surface area contributed by atoms with Crippen LogP contribution >= 0.6 is 22.9 Å². The molecule has 0 aliphatic heterocycles. The van der Waals surface area contributed by atoms with E-state index in [-0.39, 0.29) is 23.7 Å². The van der Waals surface area contributed by atoms with Crippen LogP contribution < -0.4 is 4.72 Å². The van der Waals surface area contributed by atoms with Gasteiger partial charge in [-0.2, -0.15) is 0 Å². The van der Waals surface area contributed by atoms with E-state index in [9.17, 15) is 13.2 Å². The number of nitrogens with one attached hydrogen (secondary N) is 1. The summed E-state index contributed by atoms with van der Waals surface area (Å²) in [5.41, 5.74) is 0.655. The van der Waals surface area contributed by atoms with Crippen molar-refractivity contribution in [1.82, 2.24) is 4.98 Å². The molecule has 0 bridgehead atoms. The van der Waals surface area contributed by atoms with Gasteiger partial charge in [-0.25, -0.2) is 13.4 Å². The zero-order valence-electron chi connectivity index (χ0n) is 10.2. The van der Waals surface area contributed by atoms with Crippen LogP contribution in [-0.2, 0) is 14.8 Å². The molecule has 2 N–H and O–H groups in total. The van der Waals surface area contributed by atoms with Crippen LogP contribution in [0.15, 0.2) is 18.2 Å². The molecule has 0 unspecified atom stereocenters. The van der Waals surface area contributed by atoms with E-state index in [1.807, 2.05) is 0 Å². The number of rotatable bonds is 6. The largest absolute Gasteiger partial charge is 0.481 e. The predicted molar refractivity (Wildman–Crippen MR) is 78.9 cm³/mol. The van der Waals surface area contributed by atoms with Crippen molar-refractivity contribution in [2.24, 2.45) is 0 Å². The molecule has 0 fully saturated rings. The standard InChI is InChI=1S/C11H11ClN2O4S2/c12-7-3-4-8-9(6-7)19-11(13-8)14-20(17,18)5-1-2-10(15)16/h3-4,6H,1-2,5H2,(H,13,14)(H,15,16). The smallest absolute Gasteiger partial charge is 0.303 e. The molecule has 6 nitrogen and oxygen atoms in total. The molecular formula is C11H11ClN2O4S2. The second-order valence-corrected chi connectivity index (χ2v) is 7.36. The summed E-state index contributed by atoms with van der Waals surface area (Å²) >= 11 is 7.02. The first-order valence-electron chi connectivity index (χ1n) is 5.64. The Bertz CT molecular complexity index is 742. The summed E-state index contributed by atoms with van der Waals surface area (Å²) in [6.07, 6.45) is -0.127. The minimum absolute atomic E-state index is 0.0569. The number of hydrogen-bond donors (Lipinski definition) is 2. The van der Waals surface area contributed by atoms with Crippen molar-refractivity contribution in [2.75, 3.05) is 10.5 Å². The highest BCUT2D eigenvalue weighted by atomic mass is 35.5. The molecule has 0 saturated heterocycles. The lowest BCUT2D eigenvalue weighted by Crippen LogP contribution is -2.17. The molecule has 0 saturated carbocycles. The van der Waals surface area contributed by atoms with Gasteiger partial charge in [-0.05, 0) is 24.6 Å². The Morgan fingerprint density at radius 3 is 2.90 bits per heavy atom. The van der Waals surface area contributed by atoms with E-state index in [2.05, 4.69) is 9.71 Å². The Labute approximate surface area is 124 Å². The summed E-state index contributed by atoms with van der Waals surface area (Å²) < 4.78 is 26.6. The molecule has 1 aromatic heterocycles. The molecule has 0 aliphatic rings. The highest BCUT2D eigenvalue weighted by Crippen LogP contribution is 2.28. The van der Waals surface area contributed by atoms with Crippen LogP contribution in [-0.4, -0.2) is 30.2 Å². The summed E-state index contributed by atoms with van der Waals surface area (Å²) in [5.74, 6) is -1.27. The lowest BCUT2D eigenvalue weighted by molar-refractivity contribution is -0.137. The Morgan fingerprint density at radius 2 is 2.20 bits per heavy atom. The van der Waals surface area contributed by atoms with Gasteiger partial charge in [-0.15, -0.1) is 0 Å². The summed E-state index contributed by atoms with van der Waals surface area (Å²) in [6, 6.07) is 5.09. The summed E-state index contributed by atoms with van der Waals surface area (Å²) in [5, 5.41) is 9.28. The van der Waals surface area contributed by atoms with Crippen molar-refractivity contribution < 1.29 is 18.3 Å². The molecule has 1 aromatic carbocycles. The summed E-state index contributed by atoms with van der Waals surface area (Å²) in [6.45, 7) is 0. The number of thiazole rings is 1. The SMILES string of the molecule is O=C(O)CCCS(=O)(=O)Nc1nc2ccc(Cl)cc2s1. The first kappa shape index (κ1) is 15.0. The lowest BCUT2D eigenvalue weighted by Gasteiger charge is -2.03. The number of benzene rings is 1. The van der Waals surface area contributed by atoms with E-state index < -0.39 is 16.0 Å². The third-order valence-electron chi connectivity index (χ3n) is 2.40. The van der Waals surface area contributed by atoms with Crippen molar-refractivity contribution in [3.63, 3.8) is 0 Å². The Balaban J connectivity index is 2.08. The lowest BCUT2D eigenvalue weighted by atomic mass is 10.3. The number of aromatic nitrogens is 1. The van der Waals surface area contributed by atoms with Crippen LogP contribution in [0, 0.1) is 0 Å². The van der Waals surface area contributed by atoms with E-state index in [1.165, 1.54) is 11.3 Å². The Morgan fingerprint density at radius 1 is 1.45 bits per heavy atom. The fourth-order valence-corrected chi connectivity index (χ4v) is 4.02. The molecule has 0 radical (unpaired) electrons. The number of sulfonamides is 1. The number of halogens is 1. The van der Waals surface area contributed by atoms with E-state index in [0.29, 0.717) is 10.5 Å². The van der Waals surface area contributed by atoms with Gasteiger partial charge in [0.05, 0.1) is 16.0 Å². The number of nitrogens with zero attached hydrogens (tertiary/aromatic N) is 1.